The average molecular weight is 168 g/mol. The van der Waals surface area contributed by atoms with Gasteiger partial charge < -0.3 is 5.11 Å². The zero-order valence-electron chi connectivity index (χ0n) is 7.55. The lowest BCUT2D eigenvalue weighted by Gasteiger charge is -2.37. The standard InChI is InChI=1S/C10H16O2/c1-10-6-2-3-8(11)7(10)4-5-9(10)12/h7-8,11H,2-6H2,1H3/t7-,8-,10+/m1/s1. The van der Waals surface area contributed by atoms with Gasteiger partial charge in [-0.1, -0.05) is 6.92 Å². The molecule has 1 N–H and O–H groups in total. The molecule has 0 bridgehead atoms. The summed E-state index contributed by atoms with van der Waals surface area (Å²) in [4.78, 5) is 11.6. The molecule has 2 aliphatic carbocycles. The van der Waals surface area contributed by atoms with E-state index in [-0.39, 0.29) is 17.4 Å². The maximum Gasteiger partial charge on any atom is 0.139 e. The molecule has 2 fully saturated rings. The van der Waals surface area contributed by atoms with Gasteiger partial charge in [0.05, 0.1) is 6.10 Å². The molecule has 0 heterocycles. The Morgan fingerprint density at radius 1 is 1.50 bits per heavy atom. The summed E-state index contributed by atoms with van der Waals surface area (Å²) < 4.78 is 0. The largest absolute Gasteiger partial charge is 0.393 e. The molecule has 2 saturated carbocycles. The third-order valence-corrected chi connectivity index (χ3v) is 3.80. The molecule has 0 aromatic rings. The summed E-state index contributed by atoms with van der Waals surface area (Å²) in [6.07, 6.45) is 4.30. The minimum absolute atomic E-state index is 0.169. The van der Waals surface area contributed by atoms with Crippen molar-refractivity contribution in [1.82, 2.24) is 0 Å². The number of carbonyl (C=O) groups is 1. The summed E-state index contributed by atoms with van der Waals surface area (Å²) in [6, 6.07) is 0. The molecule has 2 nitrogen and oxygen atoms in total. The zero-order chi connectivity index (χ0) is 8.77. The second-order valence-corrected chi connectivity index (χ2v) is 4.45. The number of ketones is 1. The molecular weight excluding hydrogens is 152 g/mol. The third-order valence-electron chi connectivity index (χ3n) is 3.80. The van der Waals surface area contributed by atoms with Crippen molar-refractivity contribution in [3.63, 3.8) is 0 Å². The van der Waals surface area contributed by atoms with Gasteiger partial charge in [0.2, 0.25) is 0 Å². The van der Waals surface area contributed by atoms with Crippen molar-refractivity contribution in [2.45, 2.75) is 45.1 Å². The van der Waals surface area contributed by atoms with Crippen molar-refractivity contribution in [2.75, 3.05) is 0 Å². The number of carbonyl (C=O) groups excluding carboxylic acids is 1. The molecule has 0 radical (unpaired) electrons. The van der Waals surface area contributed by atoms with Crippen LogP contribution >= 0.6 is 0 Å². The Morgan fingerprint density at radius 2 is 2.25 bits per heavy atom. The second kappa shape index (κ2) is 2.56. The van der Waals surface area contributed by atoms with Gasteiger partial charge in [-0.2, -0.15) is 0 Å². The number of hydrogen-bond acceptors (Lipinski definition) is 2. The van der Waals surface area contributed by atoms with Crippen LogP contribution in [0.2, 0.25) is 0 Å². The van der Waals surface area contributed by atoms with Crippen LogP contribution in [-0.4, -0.2) is 17.0 Å². The van der Waals surface area contributed by atoms with Crippen molar-refractivity contribution < 1.29 is 9.90 Å². The number of aliphatic hydroxyl groups is 1. The minimum atomic E-state index is -0.213. The number of fused-ring (bicyclic) bond motifs is 1. The van der Waals surface area contributed by atoms with E-state index in [1.807, 2.05) is 6.92 Å². The predicted molar refractivity (Wildman–Crippen MR) is 45.7 cm³/mol. The molecule has 0 amide bonds. The lowest BCUT2D eigenvalue weighted by atomic mass is 9.68. The van der Waals surface area contributed by atoms with Crippen molar-refractivity contribution in [1.29, 1.82) is 0 Å². The second-order valence-electron chi connectivity index (χ2n) is 4.45. The Morgan fingerprint density at radius 3 is 2.92 bits per heavy atom. The smallest absolute Gasteiger partial charge is 0.139 e. The van der Waals surface area contributed by atoms with Crippen LogP contribution in [0.4, 0.5) is 0 Å². The van der Waals surface area contributed by atoms with Crippen molar-refractivity contribution in [2.24, 2.45) is 11.3 Å². The molecule has 2 aliphatic rings. The van der Waals surface area contributed by atoms with Gasteiger partial charge in [-0.05, 0) is 31.6 Å². The van der Waals surface area contributed by atoms with Gasteiger partial charge in [0.25, 0.3) is 0 Å². The molecular formula is C10H16O2. The summed E-state index contributed by atoms with van der Waals surface area (Å²) in [5.41, 5.74) is -0.169. The Balaban J connectivity index is 2.26. The fourth-order valence-electron chi connectivity index (χ4n) is 2.92. The van der Waals surface area contributed by atoms with E-state index in [1.165, 1.54) is 0 Å². The summed E-state index contributed by atoms with van der Waals surface area (Å²) >= 11 is 0. The van der Waals surface area contributed by atoms with Crippen molar-refractivity contribution in [3.05, 3.63) is 0 Å². The highest BCUT2D eigenvalue weighted by Gasteiger charge is 2.50. The molecule has 2 rings (SSSR count). The average Bonchev–Trinajstić information content (AvgIpc) is 2.30. The quantitative estimate of drug-likeness (QED) is 0.595. The van der Waals surface area contributed by atoms with Gasteiger partial charge in [-0.25, -0.2) is 0 Å². The van der Waals surface area contributed by atoms with Crippen LogP contribution in [0, 0.1) is 11.3 Å². The van der Waals surface area contributed by atoms with Gasteiger partial charge in [-0.3, -0.25) is 4.79 Å². The number of Topliss-reactive ketones (excluding diaryl/α,β-unsaturated/α-hetero) is 1. The minimum Gasteiger partial charge on any atom is -0.393 e. The maximum atomic E-state index is 11.6. The van der Waals surface area contributed by atoms with Crippen molar-refractivity contribution >= 4 is 5.78 Å². The van der Waals surface area contributed by atoms with Crippen LogP contribution in [0.25, 0.3) is 0 Å². The van der Waals surface area contributed by atoms with E-state index in [9.17, 15) is 9.90 Å². The fraction of sp³-hybridized carbons (Fsp3) is 0.900. The van der Waals surface area contributed by atoms with E-state index >= 15 is 0 Å². The van der Waals surface area contributed by atoms with Gasteiger partial charge >= 0.3 is 0 Å². The lowest BCUT2D eigenvalue weighted by molar-refractivity contribution is -0.130. The SMILES string of the molecule is C[C@]12CCC[C@@H](O)[C@H]1CCC2=O. The topological polar surface area (TPSA) is 37.3 Å². The third kappa shape index (κ3) is 0.939. The van der Waals surface area contributed by atoms with Gasteiger partial charge in [0, 0.05) is 11.8 Å². The monoisotopic (exact) mass is 168 g/mol. The fourth-order valence-corrected chi connectivity index (χ4v) is 2.92. The Bertz CT molecular complexity index is 212. The van der Waals surface area contributed by atoms with Crippen LogP contribution in [-0.2, 0) is 4.79 Å². The Hall–Kier alpha value is -0.370. The molecule has 0 spiro atoms. The zero-order valence-corrected chi connectivity index (χ0v) is 7.55. The van der Waals surface area contributed by atoms with E-state index in [4.69, 9.17) is 0 Å². The normalized spacial score (nSPS) is 47.7. The highest BCUT2D eigenvalue weighted by atomic mass is 16.3. The molecule has 0 unspecified atom stereocenters. The Kier molecular flexibility index (Phi) is 1.76. The molecule has 3 atom stereocenters. The molecule has 12 heavy (non-hydrogen) atoms. The summed E-state index contributed by atoms with van der Waals surface area (Å²) in [5.74, 6) is 0.644. The van der Waals surface area contributed by atoms with E-state index in [0.29, 0.717) is 12.2 Å². The maximum absolute atomic E-state index is 11.6. The predicted octanol–water partition coefficient (Wildman–Crippen LogP) is 1.52. The first-order chi connectivity index (χ1) is 5.64. The summed E-state index contributed by atoms with van der Waals surface area (Å²) in [7, 11) is 0. The first-order valence-corrected chi connectivity index (χ1v) is 4.86. The van der Waals surface area contributed by atoms with E-state index in [1.54, 1.807) is 0 Å². The van der Waals surface area contributed by atoms with Gasteiger partial charge in [0.15, 0.2) is 0 Å². The van der Waals surface area contributed by atoms with E-state index in [2.05, 4.69) is 0 Å². The molecule has 68 valence electrons. The lowest BCUT2D eigenvalue weighted by Crippen LogP contribution is -2.39. The number of aliphatic hydroxyl groups excluding tert-OH is 1. The molecule has 0 aromatic heterocycles. The highest BCUT2D eigenvalue weighted by molar-refractivity contribution is 5.87. The van der Waals surface area contributed by atoms with E-state index < -0.39 is 0 Å². The number of rotatable bonds is 0. The molecule has 2 heteroatoms. The number of hydrogen-bond donors (Lipinski definition) is 1. The van der Waals surface area contributed by atoms with Crippen LogP contribution in [0.5, 0.6) is 0 Å². The van der Waals surface area contributed by atoms with Crippen LogP contribution in [0.3, 0.4) is 0 Å². The first-order valence-electron chi connectivity index (χ1n) is 4.86. The first kappa shape index (κ1) is 8.24. The van der Waals surface area contributed by atoms with E-state index in [0.717, 1.165) is 25.7 Å². The van der Waals surface area contributed by atoms with Gasteiger partial charge in [0.1, 0.15) is 5.78 Å². The molecule has 0 aliphatic heterocycles. The highest BCUT2D eigenvalue weighted by Crippen LogP contribution is 2.49. The van der Waals surface area contributed by atoms with Crippen LogP contribution in [0.1, 0.15) is 39.0 Å². The Labute approximate surface area is 73.0 Å². The molecule has 0 aromatic carbocycles. The van der Waals surface area contributed by atoms with Gasteiger partial charge in [-0.15, -0.1) is 0 Å². The summed E-state index contributed by atoms with van der Waals surface area (Å²) in [6.45, 7) is 2.04. The van der Waals surface area contributed by atoms with Crippen LogP contribution in [0.15, 0.2) is 0 Å². The van der Waals surface area contributed by atoms with Crippen molar-refractivity contribution in [3.8, 4) is 0 Å². The molecule has 0 saturated heterocycles. The summed E-state index contributed by atoms with van der Waals surface area (Å²) in [5, 5.41) is 9.71. The van der Waals surface area contributed by atoms with Crippen LogP contribution < -0.4 is 0 Å².